The summed E-state index contributed by atoms with van der Waals surface area (Å²) in [7, 11) is -3.00. The third kappa shape index (κ3) is 5.15. The zero-order chi connectivity index (χ0) is 12.6. The topological polar surface area (TPSA) is 9.23 Å². The molecule has 0 aromatic rings. The largest absolute Gasteiger partial charge is 0.420 e. The van der Waals surface area contributed by atoms with Crippen molar-refractivity contribution in [2.24, 2.45) is 0 Å². The predicted molar refractivity (Wildman–Crippen MR) is 68.6 cm³/mol. The van der Waals surface area contributed by atoms with Crippen LogP contribution in [0.3, 0.4) is 0 Å². The van der Waals surface area contributed by atoms with Crippen molar-refractivity contribution in [3.05, 3.63) is 0 Å². The Labute approximate surface area is 99.9 Å². The molecule has 0 aromatic heterocycles. The molecular weight excluding hydrogens is 265 g/mol. The van der Waals surface area contributed by atoms with Crippen LogP contribution in [0.1, 0.15) is 20.3 Å². The number of hydrogen-bond donors (Lipinski definition) is 0. The number of rotatable bonds is 2. The van der Waals surface area contributed by atoms with Gasteiger partial charge in [0, 0.05) is 28.2 Å². The second-order valence-electron chi connectivity index (χ2n) is 6.20. The Morgan fingerprint density at radius 3 is 2.38 bits per heavy atom. The molecule has 96 valence electrons. The molecule has 0 saturated carbocycles. The zero-order valence-corrected chi connectivity index (χ0v) is 14.0. The van der Waals surface area contributed by atoms with Crippen molar-refractivity contribution in [3.8, 4) is 0 Å². The molecule has 1 saturated heterocycles. The van der Waals surface area contributed by atoms with E-state index in [4.69, 9.17) is 4.43 Å². The zero-order valence-electron chi connectivity index (χ0n) is 10.4. The molecule has 0 bridgehead atoms. The maximum atomic E-state index is 12.2. The highest BCUT2D eigenvalue weighted by molar-refractivity contribution is 7.46. The second-order valence-corrected chi connectivity index (χ2v) is 26.7. The van der Waals surface area contributed by atoms with Gasteiger partial charge in [0.1, 0.15) is 0 Å². The van der Waals surface area contributed by atoms with Crippen LogP contribution in [0.15, 0.2) is 0 Å². The predicted octanol–water partition coefficient (Wildman–Crippen LogP) is 2.34. The van der Waals surface area contributed by atoms with Crippen molar-refractivity contribution in [2.45, 2.75) is 57.2 Å². The molecular formula is C9H21F3OSi3. The Balaban J connectivity index is 2.55. The first-order valence-corrected chi connectivity index (χ1v) is 15.8. The lowest BCUT2D eigenvalue weighted by Gasteiger charge is -2.43. The Hall–Kier alpha value is 0.401. The molecule has 0 spiro atoms. The highest BCUT2D eigenvalue weighted by Gasteiger charge is 2.42. The van der Waals surface area contributed by atoms with E-state index in [9.17, 15) is 13.2 Å². The van der Waals surface area contributed by atoms with E-state index in [-0.39, 0.29) is 14.2 Å². The second kappa shape index (κ2) is 4.58. The van der Waals surface area contributed by atoms with Crippen LogP contribution < -0.4 is 0 Å². The van der Waals surface area contributed by atoms with Crippen LogP contribution in [0, 0.1) is 0 Å². The molecule has 1 aliphatic heterocycles. The summed E-state index contributed by atoms with van der Waals surface area (Å²) in [5.41, 5.74) is -0.149. The Morgan fingerprint density at radius 1 is 1.38 bits per heavy atom. The van der Waals surface area contributed by atoms with Crippen LogP contribution in [-0.2, 0) is 4.43 Å². The lowest BCUT2D eigenvalue weighted by molar-refractivity contribution is -0.131. The van der Waals surface area contributed by atoms with Gasteiger partial charge in [-0.25, -0.2) is 0 Å². The van der Waals surface area contributed by atoms with E-state index in [0.29, 0.717) is 6.04 Å². The van der Waals surface area contributed by atoms with Crippen LogP contribution in [0.2, 0.25) is 25.2 Å². The van der Waals surface area contributed by atoms with Crippen LogP contribution in [0.5, 0.6) is 0 Å². The first-order chi connectivity index (χ1) is 6.99. The number of hydrogen-bond acceptors (Lipinski definition) is 1. The lowest BCUT2D eigenvalue weighted by Crippen LogP contribution is -2.58. The smallest absolute Gasteiger partial charge is 0.388 e. The van der Waals surface area contributed by atoms with Gasteiger partial charge in [-0.2, -0.15) is 13.2 Å². The normalized spacial score (nSPS) is 30.6. The molecule has 0 aliphatic carbocycles. The van der Waals surface area contributed by atoms with Crippen LogP contribution >= 0.6 is 0 Å². The van der Waals surface area contributed by atoms with Gasteiger partial charge >= 0.3 is 6.18 Å². The first kappa shape index (κ1) is 14.5. The Morgan fingerprint density at radius 2 is 1.94 bits per heavy atom. The average Bonchev–Trinajstić information content (AvgIpc) is 1.93. The van der Waals surface area contributed by atoms with Crippen molar-refractivity contribution in [3.63, 3.8) is 0 Å². The third-order valence-corrected chi connectivity index (χ3v) is 29.4. The van der Waals surface area contributed by atoms with E-state index in [1.807, 2.05) is 13.8 Å². The summed E-state index contributed by atoms with van der Waals surface area (Å²) in [5, 5.41) is 0. The number of alkyl halides is 3. The minimum absolute atomic E-state index is 0.149. The van der Waals surface area contributed by atoms with Crippen LogP contribution in [0.25, 0.3) is 0 Å². The van der Waals surface area contributed by atoms with Gasteiger partial charge in [0.05, 0.1) is 0 Å². The van der Waals surface area contributed by atoms with Crippen LogP contribution in [-0.4, -0.2) is 36.5 Å². The van der Waals surface area contributed by atoms with Gasteiger partial charge in [0.15, 0.2) is 8.56 Å². The van der Waals surface area contributed by atoms with Gasteiger partial charge in [0.25, 0.3) is 0 Å². The highest BCUT2D eigenvalue weighted by atomic mass is 29.6. The fraction of sp³-hybridized carbons (Fsp3) is 1.00. The highest BCUT2D eigenvalue weighted by Crippen LogP contribution is 2.32. The molecule has 0 amide bonds. The average molecular weight is 287 g/mol. The van der Waals surface area contributed by atoms with E-state index >= 15 is 0 Å². The minimum atomic E-state index is -4.00. The molecule has 1 aliphatic rings. The molecule has 0 N–H and O–H groups in total. The number of halogens is 3. The summed E-state index contributed by atoms with van der Waals surface area (Å²) >= 11 is 0. The van der Waals surface area contributed by atoms with E-state index < -0.39 is 28.7 Å². The van der Waals surface area contributed by atoms with Crippen molar-refractivity contribution in [1.29, 1.82) is 0 Å². The van der Waals surface area contributed by atoms with Gasteiger partial charge in [0.2, 0.25) is 0 Å². The fourth-order valence-corrected chi connectivity index (χ4v) is 32.6. The van der Waals surface area contributed by atoms with E-state index in [1.54, 1.807) is 0 Å². The van der Waals surface area contributed by atoms with Crippen molar-refractivity contribution in [2.75, 3.05) is 0 Å². The van der Waals surface area contributed by atoms with Crippen LogP contribution in [0.4, 0.5) is 13.2 Å². The molecule has 1 heterocycles. The maximum absolute atomic E-state index is 12.2. The molecule has 7 heteroatoms. The van der Waals surface area contributed by atoms with Gasteiger partial charge < -0.3 is 4.43 Å². The van der Waals surface area contributed by atoms with Crippen molar-refractivity contribution >= 4 is 24.7 Å². The molecule has 1 atom stereocenters. The van der Waals surface area contributed by atoms with E-state index in [2.05, 4.69) is 13.1 Å². The van der Waals surface area contributed by atoms with Gasteiger partial charge in [-0.15, -0.1) is 0 Å². The van der Waals surface area contributed by atoms with Crippen molar-refractivity contribution in [1.82, 2.24) is 0 Å². The molecule has 1 nitrogen and oxygen atoms in total. The minimum Gasteiger partial charge on any atom is -0.420 e. The summed E-state index contributed by atoms with van der Waals surface area (Å²) < 4.78 is 42.5. The van der Waals surface area contributed by atoms with Crippen molar-refractivity contribution < 1.29 is 17.6 Å². The quantitative estimate of drug-likeness (QED) is 0.708. The SMILES string of the molecule is CC1(C)C[Si](C)(C)[SiH2][SiH](CCC(F)(F)F)O1. The van der Waals surface area contributed by atoms with Gasteiger partial charge in [-0.1, -0.05) is 13.1 Å². The summed E-state index contributed by atoms with van der Waals surface area (Å²) in [6.45, 7) is 8.75. The van der Waals surface area contributed by atoms with Gasteiger partial charge in [-0.3, -0.25) is 0 Å². The maximum Gasteiger partial charge on any atom is 0.388 e. The molecule has 1 unspecified atom stereocenters. The standard InChI is InChI=1S/C9H21F3OSi3/c1-8(2)7-16(3,4)14-15(13-8)6-5-9(10,11)12/h15H,5-7,14H2,1-4H3. The lowest BCUT2D eigenvalue weighted by atomic mass is 10.2. The fourth-order valence-electron chi connectivity index (χ4n) is 2.86. The summed E-state index contributed by atoms with van der Waals surface area (Å²) in [4.78, 5) is 0. The summed E-state index contributed by atoms with van der Waals surface area (Å²) in [5.74, 6) is 0. The molecule has 1 rings (SSSR count). The van der Waals surface area contributed by atoms with E-state index in [0.717, 1.165) is 6.04 Å². The third-order valence-electron chi connectivity index (χ3n) is 2.92. The van der Waals surface area contributed by atoms with E-state index in [1.165, 1.54) is 0 Å². The monoisotopic (exact) mass is 286 g/mol. The summed E-state index contributed by atoms with van der Waals surface area (Å²) in [6, 6.07) is 1.44. The molecule has 0 radical (unpaired) electrons. The molecule has 1 fully saturated rings. The Bertz CT molecular complexity index is 237. The van der Waals surface area contributed by atoms with Gasteiger partial charge in [-0.05, 0) is 25.9 Å². The molecule has 0 aromatic carbocycles. The molecule has 16 heavy (non-hydrogen) atoms. The Kier molecular flexibility index (Phi) is 4.14. The summed E-state index contributed by atoms with van der Waals surface area (Å²) in [6.07, 6.45) is -4.63. The first-order valence-electron chi connectivity index (χ1n) is 5.74.